The predicted octanol–water partition coefficient (Wildman–Crippen LogP) is 11.1. The summed E-state index contributed by atoms with van der Waals surface area (Å²) in [5, 5.41) is 5.67. The van der Waals surface area contributed by atoms with E-state index >= 15 is 0 Å². The second-order valence-corrected chi connectivity index (χ2v) is 16.3. The molecule has 0 fully saturated rings. The van der Waals surface area contributed by atoms with Gasteiger partial charge in [0.05, 0.1) is 0 Å². The van der Waals surface area contributed by atoms with Crippen LogP contribution < -0.4 is 0 Å². The summed E-state index contributed by atoms with van der Waals surface area (Å²) in [4.78, 5) is 0. The van der Waals surface area contributed by atoms with Gasteiger partial charge in [-0.3, -0.25) is 0 Å². The molecule has 2 radical (unpaired) electrons. The third kappa shape index (κ3) is 9.27. The van der Waals surface area contributed by atoms with Crippen molar-refractivity contribution >= 4 is 48.1 Å². The molecule has 0 nitrogen and oxygen atoms in total. The normalized spacial score (nSPS) is 11.1. The van der Waals surface area contributed by atoms with E-state index in [0.717, 1.165) is 9.52 Å². The monoisotopic (exact) mass is 616 g/mol. The number of fused-ring (bicyclic) bond motifs is 2. The minimum absolute atomic E-state index is 0.248. The molecule has 0 bridgehead atoms. The summed E-state index contributed by atoms with van der Waals surface area (Å²) in [6, 6.07) is 18.2. The van der Waals surface area contributed by atoms with Gasteiger partial charge in [0, 0.05) is 9.52 Å². The fraction of sp³-hybridized carbons (Fsp3) is 0.438. The van der Waals surface area contributed by atoms with Crippen LogP contribution in [0.1, 0.15) is 74.9 Å². The van der Waals surface area contributed by atoms with Gasteiger partial charge in [0.15, 0.2) is 0 Å². The Kier molecular flexibility index (Phi) is 13.4. The molecular weight excluding hydrogens is 575 g/mol. The van der Waals surface area contributed by atoms with Crippen LogP contribution in [0.5, 0.6) is 0 Å². The van der Waals surface area contributed by atoms with Gasteiger partial charge in [-0.1, -0.05) is 91.7 Å². The third-order valence-corrected chi connectivity index (χ3v) is 6.38. The van der Waals surface area contributed by atoms with Gasteiger partial charge in [0.1, 0.15) is 0 Å². The molecule has 36 heavy (non-hydrogen) atoms. The van der Waals surface area contributed by atoms with Gasteiger partial charge in [0.2, 0.25) is 0 Å². The number of aryl methyl sites for hydroxylation is 4. The number of rotatable bonds is 0. The number of hydrogen-bond acceptors (Lipinski definition) is 0. The fourth-order valence-electron chi connectivity index (χ4n) is 4.05. The zero-order valence-electron chi connectivity index (χ0n) is 24.4. The second-order valence-electron chi connectivity index (χ2n) is 11.6. The van der Waals surface area contributed by atoms with Crippen LogP contribution in [0.4, 0.5) is 0 Å². The molecule has 0 amide bonds. The molecule has 4 rings (SSSR count). The maximum absolute atomic E-state index is 4.93. The first-order valence-corrected chi connectivity index (χ1v) is 20.8. The zero-order valence-corrected chi connectivity index (χ0v) is 29.3. The van der Waals surface area contributed by atoms with Crippen LogP contribution >= 0.6 is 17.0 Å². The molecule has 0 aliphatic heterocycles. The minimum atomic E-state index is -0.826. The van der Waals surface area contributed by atoms with Crippen molar-refractivity contribution in [2.75, 3.05) is 0 Å². The molecule has 0 N–H and O–H groups in total. The van der Waals surface area contributed by atoms with Crippen LogP contribution in [0.25, 0.3) is 21.5 Å². The molecule has 0 aromatic heterocycles. The summed E-state index contributed by atoms with van der Waals surface area (Å²) in [5.41, 5.74) is 8.90. The van der Waals surface area contributed by atoms with Crippen molar-refractivity contribution in [3.05, 3.63) is 81.9 Å². The summed E-state index contributed by atoms with van der Waals surface area (Å²) in [6.07, 6.45) is 0. The average molecular weight is 619 g/mol. The van der Waals surface area contributed by atoms with E-state index in [1.165, 1.54) is 54.9 Å². The summed E-state index contributed by atoms with van der Waals surface area (Å²) in [7, 11) is 11.0. The summed E-state index contributed by atoms with van der Waals surface area (Å²) in [6.45, 7) is 26.7. The second kappa shape index (κ2) is 14.5. The summed E-state index contributed by atoms with van der Waals surface area (Å²) < 4.78 is 0. The first kappa shape index (κ1) is 33.4. The van der Waals surface area contributed by atoms with E-state index < -0.39 is 20.8 Å². The molecule has 4 heteroatoms. The van der Waals surface area contributed by atoms with Crippen molar-refractivity contribution in [1.82, 2.24) is 0 Å². The van der Waals surface area contributed by atoms with Crippen LogP contribution in [0, 0.1) is 27.7 Å². The molecule has 0 unspecified atom stereocenters. The van der Waals surface area contributed by atoms with Crippen LogP contribution in [-0.2, 0) is 31.7 Å². The van der Waals surface area contributed by atoms with E-state index in [9.17, 15) is 0 Å². The number of hydrogen-bond donors (Lipinski definition) is 0. The molecule has 4 aromatic carbocycles. The Morgan fingerprint density at radius 2 is 0.861 bits per heavy atom. The average Bonchev–Trinajstić information content (AvgIpc) is 3.42. The molecule has 0 spiro atoms. The Bertz CT molecular complexity index is 1060. The van der Waals surface area contributed by atoms with Crippen molar-refractivity contribution in [2.24, 2.45) is 0 Å². The van der Waals surface area contributed by atoms with E-state index in [4.69, 9.17) is 17.0 Å². The van der Waals surface area contributed by atoms with Crippen molar-refractivity contribution in [3.63, 3.8) is 0 Å². The Hall–Kier alpha value is -0.660. The molecule has 0 saturated carbocycles. The molecule has 0 aliphatic carbocycles. The topological polar surface area (TPSA) is 0 Å². The van der Waals surface area contributed by atoms with Gasteiger partial charge in [-0.05, 0) is 24.7 Å². The summed E-state index contributed by atoms with van der Waals surface area (Å²) in [5.74, 6) is 0. The van der Waals surface area contributed by atoms with Crippen LogP contribution in [-0.4, -0.2) is 9.52 Å². The molecular formula is C32H44Cl2SiZr. The zero-order chi connectivity index (χ0) is 27.8. The van der Waals surface area contributed by atoms with Gasteiger partial charge in [-0.15, -0.1) is 68.1 Å². The van der Waals surface area contributed by atoms with E-state index in [1.54, 1.807) is 0 Å². The van der Waals surface area contributed by atoms with Crippen LogP contribution in [0.3, 0.4) is 0 Å². The first-order chi connectivity index (χ1) is 16.6. The number of halogens is 2. The van der Waals surface area contributed by atoms with Crippen LogP contribution in [0.2, 0.25) is 13.1 Å². The van der Waals surface area contributed by atoms with E-state index in [2.05, 4.69) is 131 Å². The molecule has 0 saturated heterocycles. The summed E-state index contributed by atoms with van der Waals surface area (Å²) >= 11 is -0.826. The van der Waals surface area contributed by atoms with Crippen molar-refractivity contribution in [2.45, 2.75) is 93.2 Å². The Balaban J connectivity index is 0.000000296. The Morgan fingerprint density at radius 3 is 1.08 bits per heavy atom. The van der Waals surface area contributed by atoms with Crippen molar-refractivity contribution < 1.29 is 20.8 Å². The first-order valence-electron chi connectivity index (χ1n) is 12.5. The van der Waals surface area contributed by atoms with Gasteiger partial charge < -0.3 is 0 Å². The molecule has 4 aromatic rings. The molecule has 0 aliphatic rings. The van der Waals surface area contributed by atoms with E-state index in [-0.39, 0.29) is 10.8 Å². The fourth-order valence-corrected chi connectivity index (χ4v) is 4.05. The standard InChI is InChI=1S/2C15H19.C2H6Si.2ClH.Zr/c2*1-10-6-7-11(2)14-9-12(8-13(10)14)15(3,4)5;1-3-2;;;/h2*6-9H,1-5H3;1-2H3;2*1H;/q2*-1;;;;+4/p-2. The van der Waals surface area contributed by atoms with Gasteiger partial charge >= 0.3 is 37.9 Å². The Labute approximate surface area is 242 Å². The Morgan fingerprint density at radius 1 is 0.611 bits per heavy atom. The van der Waals surface area contributed by atoms with Gasteiger partial charge in [-0.25, -0.2) is 0 Å². The predicted molar refractivity (Wildman–Crippen MR) is 165 cm³/mol. The van der Waals surface area contributed by atoms with Gasteiger partial charge in [-0.2, -0.15) is 12.1 Å². The maximum atomic E-state index is 4.93. The SMILES string of the molecule is C[Si]C.Cc1ccc(C)c2[cH-]c(C(C)(C)C)cc12.Cc1ccc(C)c2[cH-]c(C(C)(C)C)cc12.[Cl][Zr+2][Cl]. The van der Waals surface area contributed by atoms with Crippen molar-refractivity contribution in [1.29, 1.82) is 0 Å². The number of benzene rings is 2. The molecule has 0 atom stereocenters. The van der Waals surface area contributed by atoms with Gasteiger partial charge in [0.25, 0.3) is 0 Å². The van der Waals surface area contributed by atoms with E-state index in [0.29, 0.717) is 0 Å². The van der Waals surface area contributed by atoms with Crippen LogP contribution in [0.15, 0.2) is 48.5 Å². The van der Waals surface area contributed by atoms with E-state index in [1.807, 2.05) is 0 Å². The quantitative estimate of drug-likeness (QED) is 0.136. The third-order valence-electron chi connectivity index (χ3n) is 6.38. The molecule has 0 heterocycles. The molecule has 194 valence electrons. The van der Waals surface area contributed by atoms with Crippen molar-refractivity contribution in [3.8, 4) is 0 Å².